The van der Waals surface area contributed by atoms with Gasteiger partial charge >= 0.3 is 17.9 Å². The van der Waals surface area contributed by atoms with E-state index in [0.29, 0.717) is 32.1 Å². The normalized spacial score (nSPS) is 48.3. The van der Waals surface area contributed by atoms with Crippen molar-refractivity contribution in [3.63, 3.8) is 0 Å². The van der Waals surface area contributed by atoms with Crippen molar-refractivity contribution in [2.45, 2.75) is 89.9 Å². The van der Waals surface area contributed by atoms with Gasteiger partial charge in [0, 0.05) is 24.7 Å². The largest absolute Gasteiger partial charge is 0.469 e. The highest BCUT2D eigenvalue weighted by molar-refractivity contribution is 5.76. The predicted octanol–water partition coefficient (Wildman–Crippen LogP) is 3.33. The van der Waals surface area contributed by atoms with Gasteiger partial charge in [0.15, 0.2) is 0 Å². The molecule has 0 amide bonds. The summed E-state index contributed by atoms with van der Waals surface area (Å²) in [6, 6.07) is 0. The first kappa shape index (κ1) is 22.9. The van der Waals surface area contributed by atoms with Crippen LogP contribution in [0.1, 0.15) is 72.1 Å². The van der Waals surface area contributed by atoms with Crippen LogP contribution in [0.3, 0.4) is 0 Å². The van der Waals surface area contributed by atoms with Crippen molar-refractivity contribution in [3.8, 4) is 0 Å². The molecule has 1 heterocycles. The number of carbonyl (C=O) groups is 3. The minimum absolute atomic E-state index is 0.0525. The summed E-state index contributed by atoms with van der Waals surface area (Å²) < 4.78 is 17.4. The molecule has 4 fully saturated rings. The molecule has 0 aromatic rings. The standard InChI is InChI=1S/C26H36O7/c1-14(27)32-19-13-25(3)18(6-9-26(25)10-7-20(29)33-26)21-17(23(30)31-4)12-15-11-16(28)5-8-24(15,2)22(19)21/h12,16-19,21-22,28H,5-11,13H2,1-4H3/t16-,17+,18?,19+,21-,22-,24-,25-,26?/m0/s1. The fourth-order valence-electron chi connectivity index (χ4n) is 8.71. The molecule has 33 heavy (non-hydrogen) atoms. The van der Waals surface area contributed by atoms with E-state index < -0.39 is 17.6 Å². The van der Waals surface area contributed by atoms with E-state index in [0.717, 1.165) is 24.8 Å². The monoisotopic (exact) mass is 460 g/mol. The molecule has 0 radical (unpaired) electrons. The minimum Gasteiger partial charge on any atom is -0.469 e. The lowest BCUT2D eigenvalue weighted by Gasteiger charge is -2.62. The summed E-state index contributed by atoms with van der Waals surface area (Å²) in [7, 11) is 1.42. The van der Waals surface area contributed by atoms with Crippen molar-refractivity contribution < 1.29 is 33.7 Å². The van der Waals surface area contributed by atoms with Crippen LogP contribution in [0.4, 0.5) is 0 Å². The van der Waals surface area contributed by atoms with Gasteiger partial charge < -0.3 is 19.3 Å². The van der Waals surface area contributed by atoms with Gasteiger partial charge in [-0.3, -0.25) is 14.4 Å². The van der Waals surface area contributed by atoms with Gasteiger partial charge in [0.1, 0.15) is 11.7 Å². The third-order valence-corrected chi connectivity index (χ3v) is 10.2. The number of fused-ring (bicyclic) bond motifs is 6. The Hall–Kier alpha value is -1.89. The molecule has 1 saturated heterocycles. The van der Waals surface area contributed by atoms with Gasteiger partial charge in [-0.25, -0.2) is 0 Å². The molecule has 7 nitrogen and oxygen atoms in total. The molecule has 0 bridgehead atoms. The van der Waals surface area contributed by atoms with E-state index in [9.17, 15) is 19.5 Å². The minimum atomic E-state index is -0.563. The summed E-state index contributed by atoms with van der Waals surface area (Å²) in [5.74, 6) is -1.23. The Labute approximate surface area is 195 Å². The zero-order chi connectivity index (χ0) is 23.8. The van der Waals surface area contributed by atoms with Crippen LogP contribution in [-0.2, 0) is 28.6 Å². The fraction of sp³-hybridized carbons (Fsp3) is 0.808. The Morgan fingerprint density at radius 3 is 2.58 bits per heavy atom. The lowest BCUT2D eigenvalue weighted by atomic mass is 9.44. The molecule has 9 atom stereocenters. The Morgan fingerprint density at radius 2 is 1.94 bits per heavy atom. The number of methoxy groups -OCH3 is 1. The highest BCUT2D eigenvalue weighted by Gasteiger charge is 2.71. The van der Waals surface area contributed by atoms with Crippen molar-refractivity contribution in [2.24, 2.45) is 34.5 Å². The summed E-state index contributed by atoms with van der Waals surface area (Å²) in [6.45, 7) is 5.83. The maximum Gasteiger partial charge on any atom is 0.312 e. The van der Waals surface area contributed by atoms with E-state index in [-0.39, 0.29) is 52.6 Å². The highest BCUT2D eigenvalue weighted by atomic mass is 16.6. The molecule has 1 N–H and O–H groups in total. The fourth-order valence-corrected chi connectivity index (χ4v) is 8.71. The third-order valence-electron chi connectivity index (χ3n) is 10.2. The molecule has 5 rings (SSSR count). The van der Waals surface area contributed by atoms with Crippen LogP contribution in [0.2, 0.25) is 0 Å². The molecule has 2 unspecified atom stereocenters. The number of hydrogen-bond donors (Lipinski definition) is 1. The van der Waals surface area contributed by atoms with Crippen LogP contribution in [-0.4, -0.2) is 47.9 Å². The van der Waals surface area contributed by atoms with Gasteiger partial charge in [0.05, 0.1) is 19.1 Å². The molecule has 1 aliphatic heterocycles. The van der Waals surface area contributed by atoms with Crippen molar-refractivity contribution in [1.82, 2.24) is 0 Å². The lowest BCUT2D eigenvalue weighted by molar-refractivity contribution is -0.203. The number of rotatable bonds is 2. The smallest absolute Gasteiger partial charge is 0.312 e. The van der Waals surface area contributed by atoms with Gasteiger partial charge in [0.25, 0.3) is 0 Å². The van der Waals surface area contributed by atoms with Gasteiger partial charge in [0.2, 0.25) is 0 Å². The zero-order valence-electron chi connectivity index (χ0n) is 20.1. The van der Waals surface area contributed by atoms with Crippen molar-refractivity contribution in [1.29, 1.82) is 0 Å². The number of aliphatic hydroxyl groups excluding tert-OH is 1. The summed E-state index contributed by atoms with van der Waals surface area (Å²) in [4.78, 5) is 37.7. The maximum atomic E-state index is 13.1. The van der Waals surface area contributed by atoms with Crippen LogP contribution in [0, 0.1) is 34.5 Å². The molecule has 1 spiro atoms. The van der Waals surface area contributed by atoms with E-state index in [1.165, 1.54) is 14.0 Å². The lowest BCUT2D eigenvalue weighted by Crippen LogP contribution is -2.62. The van der Waals surface area contributed by atoms with Gasteiger partial charge in [-0.05, 0) is 62.2 Å². The van der Waals surface area contributed by atoms with Crippen LogP contribution in [0.5, 0.6) is 0 Å². The first-order chi connectivity index (χ1) is 15.5. The van der Waals surface area contributed by atoms with Crippen molar-refractivity contribution >= 4 is 17.9 Å². The van der Waals surface area contributed by atoms with E-state index in [4.69, 9.17) is 14.2 Å². The Kier molecular flexibility index (Phi) is 5.24. The predicted molar refractivity (Wildman–Crippen MR) is 118 cm³/mol. The summed E-state index contributed by atoms with van der Waals surface area (Å²) in [5.41, 5.74) is -0.133. The Morgan fingerprint density at radius 1 is 1.18 bits per heavy atom. The van der Waals surface area contributed by atoms with E-state index in [1.807, 2.05) is 0 Å². The summed E-state index contributed by atoms with van der Waals surface area (Å²) in [6.07, 6.45) is 6.60. The second-order valence-corrected chi connectivity index (χ2v) is 11.5. The quantitative estimate of drug-likeness (QED) is 0.383. The van der Waals surface area contributed by atoms with Crippen LogP contribution >= 0.6 is 0 Å². The van der Waals surface area contributed by atoms with Gasteiger partial charge in [-0.1, -0.05) is 25.5 Å². The van der Waals surface area contributed by atoms with E-state index in [2.05, 4.69) is 19.9 Å². The second kappa shape index (κ2) is 7.56. The average molecular weight is 461 g/mol. The van der Waals surface area contributed by atoms with Gasteiger partial charge in [-0.2, -0.15) is 0 Å². The zero-order valence-corrected chi connectivity index (χ0v) is 20.1. The first-order valence-electron chi connectivity index (χ1n) is 12.4. The molecule has 0 aromatic heterocycles. The number of ether oxygens (including phenoxy) is 3. The molecule has 182 valence electrons. The summed E-state index contributed by atoms with van der Waals surface area (Å²) >= 11 is 0. The third kappa shape index (κ3) is 3.14. The summed E-state index contributed by atoms with van der Waals surface area (Å²) in [5, 5.41) is 10.4. The van der Waals surface area contributed by atoms with E-state index >= 15 is 0 Å². The van der Waals surface area contributed by atoms with Crippen LogP contribution in [0.25, 0.3) is 0 Å². The van der Waals surface area contributed by atoms with Crippen molar-refractivity contribution in [3.05, 3.63) is 11.6 Å². The average Bonchev–Trinajstić information content (AvgIpc) is 3.27. The van der Waals surface area contributed by atoms with Crippen LogP contribution < -0.4 is 0 Å². The molecule has 5 aliphatic rings. The first-order valence-corrected chi connectivity index (χ1v) is 12.4. The van der Waals surface area contributed by atoms with Crippen LogP contribution in [0.15, 0.2) is 11.6 Å². The molecular formula is C26H36O7. The Balaban J connectivity index is 1.66. The number of aliphatic hydroxyl groups is 1. The number of hydrogen-bond acceptors (Lipinski definition) is 7. The SMILES string of the molecule is COC(=O)[C@@H]1C=C2C[C@@H](O)CC[C@]2(C)[C@@H]2[C@@H]1C1CCC3(CCC(=O)O3)[C@@]1(C)C[C@H]2OC(C)=O. The number of carbonyl (C=O) groups excluding carboxylic acids is 3. The molecule has 7 heteroatoms. The Bertz CT molecular complexity index is 910. The molecule has 4 aliphatic carbocycles. The molecular weight excluding hydrogens is 424 g/mol. The van der Waals surface area contributed by atoms with Gasteiger partial charge in [-0.15, -0.1) is 0 Å². The highest BCUT2D eigenvalue weighted by Crippen LogP contribution is 2.70. The topological polar surface area (TPSA) is 99.1 Å². The molecule has 0 aromatic carbocycles. The maximum absolute atomic E-state index is 13.1. The molecule has 3 saturated carbocycles. The number of esters is 3. The second-order valence-electron chi connectivity index (χ2n) is 11.5. The van der Waals surface area contributed by atoms with E-state index in [1.54, 1.807) is 0 Å². The van der Waals surface area contributed by atoms with Crippen molar-refractivity contribution in [2.75, 3.05) is 7.11 Å².